The van der Waals surface area contributed by atoms with Crippen LogP contribution >= 0.6 is 0 Å². The molecule has 4 saturated heterocycles. The normalized spacial score (nSPS) is 56.2. The van der Waals surface area contributed by atoms with Gasteiger partial charge in [0.2, 0.25) is 0 Å². The molecule has 2 saturated carbocycles. The fraction of sp³-hybridized carbons (Fsp3) is 0.700. The number of epoxide rings is 1. The molecule has 6 fully saturated rings. The quantitative estimate of drug-likeness (QED) is 0.532. The Morgan fingerprint density at radius 3 is 2.68 bits per heavy atom. The molecule has 150 valence electrons. The molecule has 0 aromatic carbocycles. The largest absolute Gasteiger partial charge is 0.472 e. The van der Waals surface area contributed by atoms with E-state index in [9.17, 15) is 19.8 Å². The lowest BCUT2D eigenvalue weighted by Gasteiger charge is -2.67. The summed E-state index contributed by atoms with van der Waals surface area (Å²) in [5, 5.41) is 22.5. The highest BCUT2D eigenvalue weighted by Gasteiger charge is 2.86. The fourth-order valence-corrected chi connectivity index (χ4v) is 6.89. The number of rotatable bonds is 1. The van der Waals surface area contributed by atoms with Crippen molar-refractivity contribution in [3.63, 3.8) is 0 Å². The van der Waals surface area contributed by atoms with Crippen LogP contribution in [0.1, 0.15) is 38.4 Å². The number of fused-ring (bicyclic) bond motifs is 2. The van der Waals surface area contributed by atoms with Gasteiger partial charge in [-0.25, -0.2) is 4.79 Å². The SMILES string of the molecule is C[C@@]12C[C@H](c3ccoc3)OC(=O)[C@H]1CC(O)[C@]1(C)[C@H]2[C@@H]2OC(=O)[C@@]1(O)[C@H]1O[C@@H]21. The molecule has 4 aliphatic heterocycles. The summed E-state index contributed by atoms with van der Waals surface area (Å²) in [6, 6.07) is 1.76. The van der Waals surface area contributed by atoms with Crippen molar-refractivity contribution in [2.45, 2.75) is 62.8 Å². The summed E-state index contributed by atoms with van der Waals surface area (Å²) in [5.41, 5.74) is -2.98. The predicted octanol–water partition coefficient (Wildman–Crippen LogP) is 0.715. The molecule has 0 amide bonds. The molecular formula is C20H22O8. The average Bonchev–Trinajstić information content (AvgIpc) is 3.27. The molecule has 1 aromatic heterocycles. The van der Waals surface area contributed by atoms with Crippen LogP contribution in [0, 0.1) is 22.7 Å². The number of aliphatic hydroxyl groups is 2. The lowest BCUT2D eigenvalue weighted by Crippen LogP contribution is -2.80. The molecule has 2 bridgehead atoms. The van der Waals surface area contributed by atoms with Gasteiger partial charge in [0.05, 0.1) is 24.5 Å². The van der Waals surface area contributed by atoms with Crippen molar-refractivity contribution in [1.82, 2.24) is 0 Å². The molecule has 10 atom stereocenters. The van der Waals surface area contributed by atoms with Gasteiger partial charge in [-0.05, 0) is 24.3 Å². The van der Waals surface area contributed by atoms with E-state index in [1.54, 1.807) is 19.3 Å². The summed E-state index contributed by atoms with van der Waals surface area (Å²) in [4.78, 5) is 25.6. The predicted molar refractivity (Wildman–Crippen MR) is 89.5 cm³/mol. The van der Waals surface area contributed by atoms with Crippen LogP contribution in [0.25, 0.3) is 0 Å². The van der Waals surface area contributed by atoms with Crippen LogP contribution in [0.15, 0.2) is 23.0 Å². The number of hydrogen-bond acceptors (Lipinski definition) is 8. The number of carbonyl (C=O) groups is 2. The molecule has 5 heterocycles. The van der Waals surface area contributed by atoms with E-state index >= 15 is 0 Å². The molecule has 1 unspecified atom stereocenters. The zero-order valence-electron chi connectivity index (χ0n) is 15.5. The lowest BCUT2D eigenvalue weighted by molar-refractivity contribution is -0.307. The molecule has 8 heteroatoms. The number of hydrogen-bond donors (Lipinski definition) is 2. The van der Waals surface area contributed by atoms with Gasteiger partial charge in [0, 0.05) is 16.9 Å². The first-order valence-electron chi connectivity index (χ1n) is 9.72. The van der Waals surface area contributed by atoms with Crippen LogP contribution in [0.3, 0.4) is 0 Å². The molecule has 1 aromatic rings. The van der Waals surface area contributed by atoms with Crippen molar-refractivity contribution in [2.24, 2.45) is 22.7 Å². The van der Waals surface area contributed by atoms with Gasteiger partial charge in [0.15, 0.2) is 5.60 Å². The molecule has 0 spiro atoms. The molecule has 0 radical (unpaired) electrons. The van der Waals surface area contributed by atoms with Crippen molar-refractivity contribution >= 4 is 11.9 Å². The number of aliphatic hydroxyl groups excluding tert-OH is 1. The summed E-state index contributed by atoms with van der Waals surface area (Å²) in [6.07, 6.45) is 0.491. The molecule has 2 N–H and O–H groups in total. The van der Waals surface area contributed by atoms with E-state index in [0.717, 1.165) is 5.56 Å². The highest BCUT2D eigenvalue weighted by atomic mass is 16.7. The van der Waals surface area contributed by atoms with Crippen LogP contribution < -0.4 is 0 Å². The van der Waals surface area contributed by atoms with Crippen LogP contribution in [0.4, 0.5) is 0 Å². The first-order chi connectivity index (χ1) is 13.2. The molecular weight excluding hydrogens is 368 g/mol. The number of carbonyl (C=O) groups excluding carboxylic acids is 2. The lowest BCUT2D eigenvalue weighted by atomic mass is 9.40. The molecule has 6 aliphatic rings. The first kappa shape index (κ1) is 17.0. The molecule has 7 rings (SSSR count). The Balaban J connectivity index is 1.50. The van der Waals surface area contributed by atoms with E-state index in [-0.39, 0.29) is 12.4 Å². The van der Waals surface area contributed by atoms with E-state index in [1.807, 2.05) is 6.92 Å². The maximum Gasteiger partial charge on any atom is 0.342 e. The summed E-state index contributed by atoms with van der Waals surface area (Å²) in [7, 11) is 0. The van der Waals surface area contributed by atoms with Crippen molar-refractivity contribution < 1.29 is 38.4 Å². The van der Waals surface area contributed by atoms with Crippen molar-refractivity contribution in [1.29, 1.82) is 0 Å². The van der Waals surface area contributed by atoms with Gasteiger partial charge in [-0.2, -0.15) is 0 Å². The number of esters is 2. The summed E-state index contributed by atoms with van der Waals surface area (Å²) in [5.74, 6) is -2.11. The molecule has 8 nitrogen and oxygen atoms in total. The zero-order chi connectivity index (χ0) is 19.6. The van der Waals surface area contributed by atoms with Gasteiger partial charge in [-0.15, -0.1) is 0 Å². The third-order valence-electron chi connectivity index (χ3n) is 8.35. The van der Waals surface area contributed by atoms with Gasteiger partial charge in [0.25, 0.3) is 0 Å². The maximum absolute atomic E-state index is 12.9. The van der Waals surface area contributed by atoms with E-state index in [0.29, 0.717) is 6.42 Å². The smallest absolute Gasteiger partial charge is 0.342 e. The zero-order valence-corrected chi connectivity index (χ0v) is 15.5. The molecule has 28 heavy (non-hydrogen) atoms. The third kappa shape index (κ3) is 1.62. The van der Waals surface area contributed by atoms with E-state index in [2.05, 4.69) is 0 Å². The summed E-state index contributed by atoms with van der Waals surface area (Å²) in [6.45, 7) is 3.72. The highest BCUT2D eigenvalue weighted by molar-refractivity contribution is 5.86. The van der Waals surface area contributed by atoms with Crippen LogP contribution in [0.2, 0.25) is 0 Å². The minimum absolute atomic E-state index is 0.125. The first-order valence-corrected chi connectivity index (χ1v) is 9.72. The number of ether oxygens (including phenoxy) is 3. The molecule has 2 aliphatic carbocycles. The average molecular weight is 390 g/mol. The topological polar surface area (TPSA) is 119 Å². The highest BCUT2D eigenvalue weighted by Crippen LogP contribution is 2.72. The van der Waals surface area contributed by atoms with E-state index < -0.39 is 64.8 Å². The Morgan fingerprint density at radius 2 is 1.96 bits per heavy atom. The minimum atomic E-state index is -1.92. The maximum atomic E-state index is 12.9. The second kappa shape index (κ2) is 4.80. The Labute approximate surface area is 160 Å². The minimum Gasteiger partial charge on any atom is -0.472 e. The van der Waals surface area contributed by atoms with Crippen molar-refractivity contribution in [3.8, 4) is 0 Å². The third-order valence-corrected chi connectivity index (χ3v) is 8.35. The Bertz CT molecular complexity index is 881. The summed E-state index contributed by atoms with van der Waals surface area (Å²) >= 11 is 0. The van der Waals surface area contributed by atoms with Gasteiger partial charge < -0.3 is 28.8 Å². The van der Waals surface area contributed by atoms with Crippen LogP contribution in [-0.4, -0.2) is 52.2 Å². The second-order valence-corrected chi connectivity index (χ2v) is 9.41. The van der Waals surface area contributed by atoms with Crippen LogP contribution in [-0.2, 0) is 23.8 Å². The van der Waals surface area contributed by atoms with Crippen molar-refractivity contribution in [3.05, 3.63) is 24.2 Å². The van der Waals surface area contributed by atoms with E-state index in [4.69, 9.17) is 18.6 Å². The van der Waals surface area contributed by atoms with Crippen LogP contribution in [0.5, 0.6) is 0 Å². The Hall–Kier alpha value is -1.90. The number of cyclic esters (lactones) is 1. The Kier molecular flexibility index (Phi) is 2.92. The van der Waals surface area contributed by atoms with Gasteiger partial charge in [-0.1, -0.05) is 13.8 Å². The fourth-order valence-electron chi connectivity index (χ4n) is 6.89. The monoisotopic (exact) mass is 390 g/mol. The van der Waals surface area contributed by atoms with E-state index in [1.165, 1.54) is 6.26 Å². The Morgan fingerprint density at radius 1 is 1.18 bits per heavy atom. The van der Waals surface area contributed by atoms with Gasteiger partial charge >= 0.3 is 11.9 Å². The van der Waals surface area contributed by atoms with Crippen molar-refractivity contribution in [2.75, 3.05) is 0 Å². The second-order valence-electron chi connectivity index (χ2n) is 9.41. The van der Waals surface area contributed by atoms with Gasteiger partial charge in [-0.3, -0.25) is 4.79 Å². The number of furan rings is 1. The van der Waals surface area contributed by atoms with Gasteiger partial charge in [0.1, 0.15) is 24.4 Å². The standard InChI is InChI=1S/C20H22O8/c1-18-6-10(8-3-4-25-7-8)26-16(22)9(18)5-11(21)19(2)14(18)12-13-15(27-13)20(19,24)17(23)28-12/h3-4,7,9-15,21,24H,5-6H2,1-2H3/t9-,10-,11?,12-,13+,14+,15+,18-,19-,20+/m1/s1. The summed E-state index contributed by atoms with van der Waals surface area (Å²) < 4.78 is 22.1.